The van der Waals surface area contributed by atoms with Crippen LogP contribution in [0.4, 0.5) is 8.78 Å². The maximum absolute atomic E-state index is 13.8. The first-order valence-corrected chi connectivity index (χ1v) is 10.6. The molecule has 0 aromatic heterocycles. The van der Waals surface area contributed by atoms with E-state index >= 15 is 0 Å². The van der Waals surface area contributed by atoms with Crippen molar-refractivity contribution in [3.05, 3.63) is 68.7 Å². The van der Waals surface area contributed by atoms with E-state index in [4.69, 9.17) is 21.4 Å². The molecule has 3 nitrogen and oxygen atoms in total. The second kappa shape index (κ2) is 7.85. The van der Waals surface area contributed by atoms with Crippen LogP contribution in [0.15, 0.2) is 46.9 Å². The second-order valence-electron chi connectivity index (χ2n) is 5.02. The van der Waals surface area contributed by atoms with Crippen molar-refractivity contribution in [1.29, 1.82) is 0 Å². The van der Waals surface area contributed by atoms with Crippen LogP contribution in [0.5, 0.6) is 0 Å². The van der Waals surface area contributed by atoms with Gasteiger partial charge in [-0.05, 0) is 29.3 Å². The molecule has 24 heavy (non-hydrogen) atoms. The number of benzene rings is 2. The lowest BCUT2D eigenvalue weighted by molar-refractivity contribution is 0.0557. The van der Waals surface area contributed by atoms with E-state index in [0.717, 1.165) is 22.9 Å². The van der Waals surface area contributed by atoms with Gasteiger partial charge in [-0.25, -0.2) is 0 Å². The van der Waals surface area contributed by atoms with Gasteiger partial charge in [0.1, 0.15) is 0 Å². The predicted octanol–water partition coefficient (Wildman–Crippen LogP) is 5.76. The fourth-order valence-corrected chi connectivity index (χ4v) is 4.33. The smallest absolute Gasteiger partial charge is 0.320 e. The third kappa shape index (κ3) is 4.81. The number of hydrogen-bond acceptors (Lipinski definition) is 2. The first kappa shape index (κ1) is 19.9. The molecule has 0 aliphatic rings. The van der Waals surface area contributed by atoms with E-state index in [1.54, 1.807) is 23.9 Å². The number of rotatable bonds is 6. The van der Waals surface area contributed by atoms with E-state index in [1.807, 2.05) is 12.1 Å². The van der Waals surface area contributed by atoms with Gasteiger partial charge in [0.2, 0.25) is 0 Å². The Balaban J connectivity index is 2.04. The molecule has 0 saturated carbocycles. The highest BCUT2D eigenvalue weighted by Gasteiger charge is 2.51. The molecule has 0 bridgehead atoms. The van der Waals surface area contributed by atoms with Gasteiger partial charge in [-0.2, -0.15) is 20.5 Å². The first-order chi connectivity index (χ1) is 11.1. The van der Waals surface area contributed by atoms with Gasteiger partial charge in [-0.3, -0.25) is 4.57 Å². The summed E-state index contributed by atoms with van der Waals surface area (Å²) < 4.78 is 38.4. The van der Waals surface area contributed by atoms with Crippen molar-refractivity contribution in [3.8, 4) is 0 Å². The number of halogens is 4. The largest absolute Gasteiger partial charge is 0.399 e. The summed E-state index contributed by atoms with van der Waals surface area (Å²) in [6.45, 7) is 0. The Morgan fingerprint density at radius 1 is 1.08 bits per heavy atom. The highest BCUT2D eigenvalue weighted by Crippen LogP contribution is 2.60. The molecule has 9 heteroatoms. The monoisotopic (exact) mass is 456 g/mol. The number of alkyl halides is 2. The van der Waals surface area contributed by atoms with Gasteiger partial charge in [0.05, 0.1) is 0 Å². The van der Waals surface area contributed by atoms with Crippen molar-refractivity contribution in [1.82, 2.24) is 0 Å². The van der Waals surface area contributed by atoms with Crippen molar-refractivity contribution in [2.45, 2.75) is 17.2 Å². The van der Waals surface area contributed by atoms with Gasteiger partial charge in [0.15, 0.2) is 0 Å². The standard InChI is InChI=1S/C15H13BrClF2O3PS/c16-14-7-11(3-6-13(14)15(18,19)23(20,21)22)9-24-8-10-1-4-12(17)5-2-10/h1-7H,8-9H2,(H2,20,21,22). The van der Waals surface area contributed by atoms with Gasteiger partial charge >= 0.3 is 13.3 Å². The lowest BCUT2D eigenvalue weighted by Gasteiger charge is -2.19. The zero-order chi connectivity index (χ0) is 18.0. The van der Waals surface area contributed by atoms with E-state index in [0.29, 0.717) is 10.8 Å². The highest BCUT2D eigenvalue weighted by atomic mass is 79.9. The van der Waals surface area contributed by atoms with Crippen LogP contribution in [0, 0.1) is 0 Å². The minimum Gasteiger partial charge on any atom is -0.320 e. The summed E-state index contributed by atoms with van der Waals surface area (Å²) in [5, 5.41) is 0.661. The normalized spacial score (nSPS) is 12.4. The van der Waals surface area contributed by atoms with Crippen LogP contribution in [0.25, 0.3) is 0 Å². The molecule has 2 rings (SSSR count). The third-order valence-electron chi connectivity index (χ3n) is 3.17. The maximum atomic E-state index is 13.8. The van der Waals surface area contributed by atoms with Gasteiger partial charge in [0, 0.05) is 26.6 Å². The van der Waals surface area contributed by atoms with Crippen molar-refractivity contribution < 1.29 is 23.1 Å². The van der Waals surface area contributed by atoms with Crippen molar-refractivity contribution >= 4 is 46.9 Å². The SMILES string of the molecule is O=P(O)(O)C(F)(F)c1ccc(CSCc2ccc(Cl)cc2)cc1Br. The first-order valence-electron chi connectivity index (χ1n) is 6.66. The fraction of sp³-hybridized carbons (Fsp3) is 0.200. The molecule has 0 fully saturated rings. The van der Waals surface area contributed by atoms with Crippen molar-refractivity contribution in [2.75, 3.05) is 0 Å². The van der Waals surface area contributed by atoms with Crippen molar-refractivity contribution in [3.63, 3.8) is 0 Å². The molecular formula is C15H13BrClF2O3PS. The van der Waals surface area contributed by atoms with E-state index in [1.165, 1.54) is 12.1 Å². The third-order valence-corrected chi connectivity index (χ3v) is 6.13. The average molecular weight is 458 g/mol. The quantitative estimate of drug-likeness (QED) is 0.541. The summed E-state index contributed by atoms with van der Waals surface area (Å²) in [4.78, 5) is 17.6. The van der Waals surface area contributed by atoms with Gasteiger partial charge in [-0.1, -0.05) is 51.8 Å². The van der Waals surface area contributed by atoms with Crippen LogP contribution in [0.1, 0.15) is 16.7 Å². The van der Waals surface area contributed by atoms with Gasteiger partial charge in [-0.15, -0.1) is 0 Å². The van der Waals surface area contributed by atoms with Crippen LogP contribution in [-0.4, -0.2) is 9.79 Å². The molecule has 2 aromatic carbocycles. The molecule has 0 unspecified atom stereocenters. The predicted molar refractivity (Wildman–Crippen MR) is 96.5 cm³/mol. The van der Waals surface area contributed by atoms with E-state index in [9.17, 15) is 13.3 Å². The van der Waals surface area contributed by atoms with Crippen molar-refractivity contribution in [2.24, 2.45) is 0 Å². The Bertz CT molecular complexity index is 768. The Morgan fingerprint density at radius 3 is 2.17 bits per heavy atom. The lowest BCUT2D eigenvalue weighted by Crippen LogP contribution is -2.14. The molecular weight excluding hydrogens is 445 g/mol. The summed E-state index contributed by atoms with van der Waals surface area (Å²) in [6, 6.07) is 11.4. The molecule has 0 spiro atoms. The zero-order valence-corrected chi connectivity index (χ0v) is 16.2. The zero-order valence-electron chi connectivity index (χ0n) is 12.1. The van der Waals surface area contributed by atoms with Crippen LogP contribution in [-0.2, 0) is 21.7 Å². The molecule has 0 atom stereocenters. The minimum atomic E-state index is -5.58. The van der Waals surface area contributed by atoms with Crippen LogP contribution in [0.2, 0.25) is 5.02 Å². The molecule has 0 aliphatic heterocycles. The molecule has 0 radical (unpaired) electrons. The molecule has 0 amide bonds. The number of thioether (sulfide) groups is 1. The highest BCUT2D eigenvalue weighted by molar-refractivity contribution is 9.10. The van der Waals surface area contributed by atoms with Crippen LogP contribution < -0.4 is 0 Å². The maximum Gasteiger partial charge on any atom is 0.399 e. The molecule has 130 valence electrons. The Kier molecular flexibility index (Phi) is 6.51. The number of hydrogen-bond donors (Lipinski definition) is 2. The Morgan fingerprint density at radius 2 is 1.62 bits per heavy atom. The van der Waals surface area contributed by atoms with E-state index in [2.05, 4.69) is 15.9 Å². The molecule has 0 heterocycles. The molecule has 2 aromatic rings. The average Bonchev–Trinajstić information content (AvgIpc) is 2.48. The fourth-order valence-electron chi connectivity index (χ4n) is 1.92. The van der Waals surface area contributed by atoms with E-state index in [-0.39, 0.29) is 4.47 Å². The minimum absolute atomic E-state index is 0.0274. The summed E-state index contributed by atoms with van der Waals surface area (Å²) in [7, 11) is -5.58. The molecule has 0 saturated heterocycles. The van der Waals surface area contributed by atoms with Gasteiger partial charge in [0.25, 0.3) is 0 Å². The van der Waals surface area contributed by atoms with Crippen LogP contribution >= 0.6 is 46.9 Å². The lowest BCUT2D eigenvalue weighted by atomic mass is 10.1. The Hall–Kier alpha value is -0.430. The summed E-state index contributed by atoms with van der Waals surface area (Å²) in [5.41, 5.74) is -3.08. The topological polar surface area (TPSA) is 57.5 Å². The molecule has 0 aliphatic carbocycles. The molecule has 2 N–H and O–H groups in total. The van der Waals surface area contributed by atoms with E-state index < -0.39 is 18.8 Å². The van der Waals surface area contributed by atoms with Crippen LogP contribution in [0.3, 0.4) is 0 Å². The Labute approximate surface area is 155 Å². The summed E-state index contributed by atoms with van der Waals surface area (Å²) in [5.74, 6) is 1.30. The summed E-state index contributed by atoms with van der Waals surface area (Å²) in [6.07, 6.45) is 0. The summed E-state index contributed by atoms with van der Waals surface area (Å²) >= 11 is 10.4. The second-order valence-corrected chi connectivity index (χ2v) is 8.94. The van der Waals surface area contributed by atoms with Gasteiger partial charge < -0.3 is 9.79 Å².